The van der Waals surface area contributed by atoms with Crippen LogP contribution < -0.4 is 16.6 Å². The molecule has 0 bridgehead atoms. The van der Waals surface area contributed by atoms with Gasteiger partial charge >= 0.3 is 5.69 Å². The summed E-state index contributed by atoms with van der Waals surface area (Å²) in [6.45, 7) is 4.25. The summed E-state index contributed by atoms with van der Waals surface area (Å²) in [7, 11) is 3.11. The van der Waals surface area contributed by atoms with Gasteiger partial charge in [-0.3, -0.25) is 18.7 Å². The molecule has 0 spiro atoms. The lowest BCUT2D eigenvalue weighted by Gasteiger charge is -2.29. The predicted octanol–water partition coefficient (Wildman–Crippen LogP) is 3.37. The van der Waals surface area contributed by atoms with Crippen molar-refractivity contribution in [3.8, 4) is 0 Å². The quantitative estimate of drug-likeness (QED) is 0.699. The Kier molecular flexibility index (Phi) is 4.15. The molecule has 31 heavy (non-hydrogen) atoms. The molecule has 2 heterocycles. The van der Waals surface area contributed by atoms with Gasteiger partial charge in [0.25, 0.3) is 5.56 Å². The number of fused-ring (bicyclic) bond motifs is 3. The zero-order chi connectivity index (χ0) is 22.0. The van der Waals surface area contributed by atoms with Crippen molar-refractivity contribution >= 4 is 17.3 Å². The number of Topliss-reactive ketones (excluding diaryl/α,β-unsaturated/α-hetero) is 1. The van der Waals surface area contributed by atoms with E-state index in [0.717, 1.165) is 15.7 Å². The van der Waals surface area contributed by atoms with Gasteiger partial charge in [-0.15, -0.1) is 0 Å². The Morgan fingerprint density at radius 2 is 1.52 bits per heavy atom. The molecule has 5 rings (SSSR count). The molecular formula is C25H23N3O3. The van der Waals surface area contributed by atoms with Gasteiger partial charge in [0, 0.05) is 36.7 Å². The molecule has 1 unspecified atom stereocenters. The maximum Gasteiger partial charge on any atom is 0.332 e. The molecule has 156 valence electrons. The second kappa shape index (κ2) is 6.67. The van der Waals surface area contributed by atoms with E-state index >= 15 is 0 Å². The van der Waals surface area contributed by atoms with Crippen molar-refractivity contribution in [2.24, 2.45) is 14.1 Å². The van der Waals surface area contributed by atoms with Crippen LogP contribution >= 0.6 is 0 Å². The van der Waals surface area contributed by atoms with E-state index in [4.69, 9.17) is 0 Å². The number of rotatable bonds is 2. The monoisotopic (exact) mass is 413 g/mol. The van der Waals surface area contributed by atoms with E-state index in [1.807, 2.05) is 42.5 Å². The predicted molar refractivity (Wildman–Crippen MR) is 121 cm³/mol. The second-order valence-corrected chi connectivity index (χ2v) is 8.51. The number of hydrogen-bond donors (Lipinski definition) is 1. The van der Waals surface area contributed by atoms with Crippen LogP contribution in [-0.4, -0.2) is 14.9 Å². The molecule has 0 amide bonds. The first-order chi connectivity index (χ1) is 14.8. The van der Waals surface area contributed by atoms with Crippen molar-refractivity contribution in [3.05, 3.63) is 103 Å². The van der Waals surface area contributed by atoms with Gasteiger partial charge in [0.1, 0.15) is 5.82 Å². The summed E-state index contributed by atoms with van der Waals surface area (Å²) in [5, 5.41) is 3.26. The average Bonchev–Trinajstić information content (AvgIpc) is 3.07. The molecule has 0 radical (unpaired) electrons. The minimum atomic E-state index is -0.558. The van der Waals surface area contributed by atoms with E-state index in [1.165, 1.54) is 17.2 Å². The Balaban J connectivity index is 1.84. The first-order valence-electron chi connectivity index (χ1n) is 10.4. The third-order valence-electron chi connectivity index (χ3n) is 6.41. The molecule has 0 saturated heterocycles. The summed E-state index contributed by atoms with van der Waals surface area (Å²) in [5.74, 6) is 0.167. The minimum absolute atomic E-state index is 0.0856. The van der Waals surface area contributed by atoms with E-state index < -0.39 is 11.6 Å². The van der Waals surface area contributed by atoms with Crippen molar-refractivity contribution in [1.82, 2.24) is 9.13 Å². The smallest absolute Gasteiger partial charge is 0.332 e. The number of allylic oxidation sites excluding steroid dienone is 1. The first kappa shape index (κ1) is 19.3. The van der Waals surface area contributed by atoms with Crippen LogP contribution in [0.5, 0.6) is 0 Å². The second-order valence-electron chi connectivity index (χ2n) is 8.51. The van der Waals surface area contributed by atoms with E-state index in [1.54, 1.807) is 13.1 Å². The Hall–Kier alpha value is -3.67. The Bertz CT molecular complexity index is 1410. The van der Waals surface area contributed by atoms with Crippen LogP contribution in [0.3, 0.4) is 0 Å². The summed E-state index contributed by atoms with van der Waals surface area (Å²) in [6, 6.07) is 15.5. The van der Waals surface area contributed by atoms with Gasteiger partial charge in [-0.05, 0) is 17.0 Å². The number of nitrogens with one attached hydrogen (secondary N) is 1. The van der Waals surface area contributed by atoms with Gasteiger partial charge < -0.3 is 5.32 Å². The number of carbonyl (C=O) groups excluding carboxylic acids is 1. The van der Waals surface area contributed by atoms with E-state index in [-0.39, 0.29) is 11.3 Å². The van der Waals surface area contributed by atoms with Crippen LogP contribution in [-0.2, 0) is 14.1 Å². The lowest BCUT2D eigenvalue weighted by atomic mass is 9.81. The van der Waals surface area contributed by atoms with Crippen LogP contribution in [0.25, 0.3) is 5.70 Å². The molecule has 0 fully saturated rings. The molecule has 3 aromatic rings. The van der Waals surface area contributed by atoms with Crippen LogP contribution in [0.15, 0.2) is 63.7 Å². The Morgan fingerprint density at radius 3 is 2.16 bits per heavy atom. The van der Waals surface area contributed by atoms with Crippen molar-refractivity contribution in [2.75, 3.05) is 5.32 Å². The van der Waals surface area contributed by atoms with Gasteiger partial charge in [-0.1, -0.05) is 62.4 Å². The minimum Gasteiger partial charge on any atom is -0.340 e. The zero-order valence-electron chi connectivity index (χ0n) is 17.9. The normalized spacial score (nSPS) is 16.8. The lowest BCUT2D eigenvalue weighted by Crippen LogP contribution is -2.42. The van der Waals surface area contributed by atoms with E-state index in [0.29, 0.717) is 34.1 Å². The largest absolute Gasteiger partial charge is 0.340 e. The number of benzene rings is 2. The topological polar surface area (TPSA) is 73.1 Å². The highest BCUT2D eigenvalue weighted by Gasteiger charge is 2.42. The van der Waals surface area contributed by atoms with Crippen LogP contribution in [0.2, 0.25) is 0 Å². The van der Waals surface area contributed by atoms with Crippen LogP contribution in [0.4, 0.5) is 5.82 Å². The maximum absolute atomic E-state index is 13.5. The molecule has 6 heteroatoms. The first-order valence-corrected chi connectivity index (χ1v) is 10.4. The summed E-state index contributed by atoms with van der Waals surface area (Å²) in [4.78, 5) is 39.4. The number of nitrogens with zero attached hydrogens (tertiary/aromatic N) is 2. The molecule has 1 atom stereocenters. The van der Waals surface area contributed by atoms with E-state index in [2.05, 4.69) is 19.2 Å². The Labute approximate surface area is 179 Å². The SMILES string of the molecule is CC(C)c1ccc(C2C3=C(Nc4c2c(=O)n(C)c(=O)n4C)c2ccccc2C3=O)cc1. The fraction of sp³-hybridized carbons (Fsp3) is 0.240. The number of carbonyl (C=O) groups is 1. The van der Waals surface area contributed by atoms with Crippen molar-refractivity contribution < 1.29 is 4.79 Å². The average molecular weight is 413 g/mol. The van der Waals surface area contributed by atoms with Crippen molar-refractivity contribution in [2.45, 2.75) is 25.7 Å². The maximum atomic E-state index is 13.5. The lowest BCUT2D eigenvalue weighted by molar-refractivity contribution is 0.103. The van der Waals surface area contributed by atoms with Gasteiger partial charge in [0.15, 0.2) is 5.78 Å². The molecule has 2 aromatic carbocycles. The number of aromatic nitrogens is 2. The van der Waals surface area contributed by atoms with Crippen molar-refractivity contribution in [1.29, 1.82) is 0 Å². The van der Waals surface area contributed by atoms with Gasteiger partial charge in [-0.25, -0.2) is 4.79 Å². The molecule has 6 nitrogen and oxygen atoms in total. The molecule has 1 N–H and O–H groups in total. The third kappa shape index (κ3) is 2.61. The summed E-state index contributed by atoms with van der Waals surface area (Å²) in [6.07, 6.45) is 0. The van der Waals surface area contributed by atoms with Gasteiger partial charge in [0.05, 0.1) is 11.3 Å². The molecule has 1 aliphatic heterocycles. The number of ketones is 1. The zero-order valence-corrected chi connectivity index (χ0v) is 17.9. The molecule has 2 aliphatic rings. The molecule has 1 aromatic heterocycles. The number of hydrogen-bond acceptors (Lipinski definition) is 4. The number of anilines is 1. The molecule has 0 saturated carbocycles. The fourth-order valence-corrected chi connectivity index (χ4v) is 4.66. The van der Waals surface area contributed by atoms with Crippen molar-refractivity contribution in [3.63, 3.8) is 0 Å². The fourth-order valence-electron chi connectivity index (χ4n) is 4.66. The summed E-state index contributed by atoms with van der Waals surface area (Å²) >= 11 is 0. The Morgan fingerprint density at radius 1 is 0.871 bits per heavy atom. The highest BCUT2D eigenvalue weighted by atomic mass is 16.2. The highest BCUT2D eigenvalue weighted by Crippen LogP contribution is 2.47. The molecular weight excluding hydrogens is 390 g/mol. The van der Waals surface area contributed by atoms with Crippen LogP contribution in [0.1, 0.15) is 58.3 Å². The highest BCUT2D eigenvalue weighted by molar-refractivity contribution is 6.23. The summed E-state index contributed by atoms with van der Waals surface area (Å²) < 4.78 is 2.55. The van der Waals surface area contributed by atoms with E-state index in [9.17, 15) is 14.4 Å². The molecule has 1 aliphatic carbocycles. The van der Waals surface area contributed by atoms with Crippen LogP contribution in [0, 0.1) is 0 Å². The van der Waals surface area contributed by atoms with Gasteiger partial charge in [0.2, 0.25) is 0 Å². The summed E-state index contributed by atoms with van der Waals surface area (Å²) in [5.41, 5.74) is 4.30. The third-order valence-corrected chi connectivity index (χ3v) is 6.41. The standard InChI is InChI=1S/C25H23N3O3/c1-13(2)14-9-11-15(12-10-14)18-19-21(16-7-5-6-8-17(16)22(19)29)26-23-20(18)24(30)28(4)25(31)27(23)3/h5-13,18,26H,1-4H3. The van der Waals surface area contributed by atoms with Gasteiger partial charge in [-0.2, -0.15) is 0 Å².